The van der Waals surface area contributed by atoms with E-state index in [0.29, 0.717) is 25.7 Å². The summed E-state index contributed by atoms with van der Waals surface area (Å²) in [6, 6.07) is 0. The van der Waals surface area contributed by atoms with Crippen LogP contribution >= 0.6 is 15.6 Å². The van der Waals surface area contributed by atoms with E-state index in [4.69, 9.17) is 37.0 Å². The van der Waals surface area contributed by atoms with Gasteiger partial charge in [-0.15, -0.1) is 0 Å². The first-order valence-electron chi connectivity index (χ1n) is 44.5. The molecule has 0 aliphatic rings. The number of aliphatic hydroxyl groups excluding tert-OH is 1. The molecule has 0 aliphatic carbocycles. The van der Waals surface area contributed by atoms with Crippen molar-refractivity contribution in [2.75, 3.05) is 39.6 Å². The molecule has 624 valence electrons. The van der Waals surface area contributed by atoms with E-state index >= 15 is 0 Å². The van der Waals surface area contributed by atoms with Gasteiger partial charge in [0.2, 0.25) is 0 Å². The van der Waals surface area contributed by atoms with E-state index in [1.165, 1.54) is 276 Å². The molecule has 0 rings (SSSR count). The molecule has 2 unspecified atom stereocenters. The molecule has 0 saturated heterocycles. The van der Waals surface area contributed by atoms with Gasteiger partial charge in [-0.1, -0.05) is 408 Å². The van der Waals surface area contributed by atoms with Crippen LogP contribution in [0.25, 0.3) is 0 Å². The fraction of sp³-hybridized carbons (Fsp3) is 0.953. The second kappa shape index (κ2) is 77.4. The number of rotatable bonds is 85. The van der Waals surface area contributed by atoms with Crippen LogP contribution in [0.5, 0.6) is 0 Å². The molecule has 0 aromatic heterocycles. The summed E-state index contributed by atoms with van der Waals surface area (Å²) in [5.41, 5.74) is 0. The maximum Gasteiger partial charge on any atom is 0.472 e. The van der Waals surface area contributed by atoms with Gasteiger partial charge in [0.05, 0.1) is 26.4 Å². The van der Waals surface area contributed by atoms with E-state index in [2.05, 4.69) is 41.5 Å². The Morgan fingerprint density at radius 1 is 0.257 bits per heavy atom. The minimum atomic E-state index is -4.97. The van der Waals surface area contributed by atoms with Crippen molar-refractivity contribution >= 4 is 39.5 Å². The summed E-state index contributed by atoms with van der Waals surface area (Å²) in [7, 11) is -9.93. The maximum absolute atomic E-state index is 13.1. The molecule has 3 N–H and O–H groups in total. The fourth-order valence-corrected chi connectivity index (χ4v) is 15.0. The number of hydrogen-bond acceptors (Lipinski definition) is 15. The van der Waals surface area contributed by atoms with Gasteiger partial charge in [0.25, 0.3) is 0 Å². The molecule has 0 aromatic rings. The average Bonchev–Trinajstić information content (AvgIpc) is 0.915. The van der Waals surface area contributed by atoms with Crippen LogP contribution in [0.3, 0.4) is 0 Å². The quantitative estimate of drug-likeness (QED) is 0.0222. The fourth-order valence-electron chi connectivity index (χ4n) is 13.4. The maximum atomic E-state index is 13.1. The summed E-state index contributed by atoms with van der Waals surface area (Å²) < 4.78 is 68.9. The first kappa shape index (κ1) is 103. The van der Waals surface area contributed by atoms with E-state index in [9.17, 15) is 43.2 Å². The third-order valence-corrected chi connectivity index (χ3v) is 22.1. The summed E-state index contributed by atoms with van der Waals surface area (Å²) in [5.74, 6) is -0.509. The van der Waals surface area contributed by atoms with Gasteiger partial charge in [-0.05, 0) is 37.5 Å². The number of phosphoric ester groups is 2. The average molecular weight is 1540 g/mol. The summed E-state index contributed by atoms with van der Waals surface area (Å²) in [4.78, 5) is 73.2. The lowest BCUT2D eigenvalue weighted by atomic mass is 10.0. The van der Waals surface area contributed by atoms with E-state index < -0.39 is 97.5 Å². The topological polar surface area (TPSA) is 237 Å². The van der Waals surface area contributed by atoms with Gasteiger partial charge in [0, 0.05) is 25.7 Å². The number of carbonyl (C=O) groups excluding carboxylic acids is 4. The predicted octanol–water partition coefficient (Wildman–Crippen LogP) is 26.2. The van der Waals surface area contributed by atoms with E-state index in [-0.39, 0.29) is 25.7 Å². The van der Waals surface area contributed by atoms with Gasteiger partial charge < -0.3 is 33.8 Å². The summed E-state index contributed by atoms with van der Waals surface area (Å²) >= 11 is 0. The molecule has 0 radical (unpaired) electrons. The third-order valence-electron chi connectivity index (χ3n) is 20.2. The Morgan fingerprint density at radius 2 is 0.438 bits per heavy atom. The molecular weight excluding hydrogens is 1370 g/mol. The van der Waals surface area contributed by atoms with Crippen molar-refractivity contribution in [1.82, 2.24) is 0 Å². The van der Waals surface area contributed by atoms with Gasteiger partial charge in [-0.3, -0.25) is 37.3 Å². The first-order valence-corrected chi connectivity index (χ1v) is 47.5. The molecule has 0 amide bonds. The van der Waals surface area contributed by atoms with Gasteiger partial charge in [0.1, 0.15) is 19.3 Å². The molecule has 5 atom stereocenters. The minimum absolute atomic E-state index is 0.108. The van der Waals surface area contributed by atoms with E-state index in [0.717, 1.165) is 102 Å². The second-order valence-electron chi connectivity index (χ2n) is 31.9. The van der Waals surface area contributed by atoms with Gasteiger partial charge in [0.15, 0.2) is 12.2 Å². The van der Waals surface area contributed by atoms with Crippen molar-refractivity contribution in [1.29, 1.82) is 0 Å². The normalized spacial score (nSPS) is 13.8. The number of phosphoric acid groups is 2. The first-order chi connectivity index (χ1) is 50.9. The van der Waals surface area contributed by atoms with Crippen molar-refractivity contribution in [3.8, 4) is 0 Å². The van der Waals surface area contributed by atoms with Crippen LogP contribution in [0.1, 0.15) is 459 Å². The zero-order valence-electron chi connectivity index (χ0n) is 69.0. The van der Waals surface area contributed by atoms with Crippen molar-refractivity contribution in [2.24, 2.45) is 11.8 Å². The lowest BCUT2D eigenvalue weighted by Crippen LogP contribution is -2.30. The van der Waals surface area contributed by atoms with Crippen molar-refractivity contribution in [3.63, 3.8) is 0 Å². The van der Waals surface area contributed by atoms with Crippen molar-refractivity contribution in [3.05, 3.63) is 0 Å². The second-order valence-corrected chi connectivity index (χ2v) is 34.8. The molecule has 0 heterocycles. The van der Waals surface area contributed by atoms with Gasteiger partial charge in [-0.25, -0.2) is 9.13 Å². The molecule has 105 heavy (non-hydrogen) atoms. The zero-order chi connectivity index (χ0) is 77.1. The van der Waals surface area contributed by atoms with Crippen LogP contribution in [0, 0.1) is 11.8 Å². The SMILES string of the molecule is CCCCCCCCCCCCCCCCCCCCCCCC(=O)O[C@H](COC(=O)CCCCCCCCCCCCCCCCCC(C)C)COP(=O)(O)OC[C@@H](O)COP(=O)(O)OC[C@@H](COC(=O)CCCCCCCCCCCC)OC(=O)CCCCCCCCCCCCCCCC(C)C. The Hall–Kier alpha value is -1.94. The number of carbonyl (C=O) groups is 4. The number of unbranched alkanes of at least 4 members (excludes halogenated alkanes) is 55. The third kappa shape index (κ3) is 79.9. The van der Waals surface area contributed by atoms with Crippen LogP contribution in [-0.2, 0) is 65.4 Å². The zero-order valence-corrected chi connectivity index (χ0v) is 70.8. The molecule has 0 fully saturated rings. The lowest BCUT2D eigenvalue weighted by molar-refractivity contribution is -0.161. The highest BCUT2D eigenvalue weighted by atomic mass is 31.2. The number of aliphatic hydroxyl groups is 1. The summed E-state index contributed by atoms with van der Waals surface area (Å²) in [6.07, 6.45) is 69.4. The monoisotopic (exact) mass is 1540 g/mol. The molecular formula is C86H168O17P2. The molecule has 0 aromatic carbocycles. The Morgan fingerprint density at radius 3 is 0.648 bits per heavy atom. The molecule has 0 spiro atoms. The largest absolute Gasteiger partial charge is 0.472 e. The standard InChI is InChI=1S/C86H168O17P2/c1-7-9-11-13-15-17-19-20-21-22-23-24-25-26-29-35-40-46-52-58-64-70-85(90)103-82(75-97-84(89)69-63-57-51-45-39-34-30-27-28-32-37-42-48-54-60-66-78(3)4)77-101-105(94,95)99-73-80(87)72-98-104(92,93)100-76-81(74-96-83(88)68-62-56-50-44-18-16-14-12-10-8-2)102-86(91)71-65-59-53-47-41-36-31-33-38-43-49-55-61-67-79(5)6/h78-82,87H,7-77H2,1-6H3,(H,92,93)(H,94,95)/t80-,81+,82+/m0/s1. The number of ether oxygens (including phenoxy) is 4. The van der Waals surface area contributed by atoms with Crippen LogP contribution in [-0.4, -0.2) is 96.7 Å². The van der Waals surface area contributed by atoms with E-state index in [1.54, 1.807) is 0 Å². The highest BCUT2D eigenvalue weighted by Crippen LogP contribution is 2.45. The van der Waals surface area contributed by atoms with Crippen molar-refractivity contribution < 1.29 is 80.2 Å². The molecule has 0 saturated carbocycles. The van der Waals surface area contributed by atoms with Crippen LogP contribution in [0.2, 0.25) is 0 Å². The molecule has 0 aliphatic heterocycles. The lowest BCUT2D eigenvalue weighted by Gasteiger charge is -2.21. The number of hydrogen-bond donors (Lipinski definition) is 3. The van der Waals surface area contributed by atoms with Crippen LogP contribution in [0.15, 0.2) is 0 Å². The van der Waals surface area contributed by atoms with Crippen LogP contribution in [0.4, 0.5) is 0 Å². The highest BCUT2D eigenvalue weighted by Gasteiger charge is 2.30. The minimum Gasteiger partial charge on any atom is -0.462 e. The smallest absolute Gasteiger partial charge is 0.462 e. The van der Waals surface area contributed by atoms with Crippen LogP contribution < -0.4 is 0 Å². The molecule has 17 nitrogen and oxygen atoms in total. The Balaban J connectivity index is 5.22. The van der Waals surface area contributed by atoms with E-state index in [1.807, 2.05) is 0 Å². The van der Waals surface area contributed by atoms with Gasteiger partial charge in [-0.2, -0.15) is 0 Å². The Labute approximate surface area is 645 Å². The van der Waals surface area contributed by atoms with Gasteiger partial charge >= 0.3 is 39.5 Å². The Bertz CT molecular complexity index is 2010. The summed E-state index contributed by atoms with van der Waals surface area (Å²) in [5, 5.41) is 10.7. The predicted molar refractivity (Wildman–Crippen MR) is 432 cm³/mol. The summed E-state index contributed by atoms with van der Waals surface area (Å²) in [6.45, 7) is 9.70. The highest BCUT2D eigenvalue weighted by molar-refractivity contribution is 7.47. The Kier molecular flexibility index (Phi) is 76.0. The molecule has 0 bridgehead atoms. The molecule has 19 heteroatoms. The number of esters is 4. The van der Waals surface area contributed by atoms with Crippen molar-refractivity contribution in [2.45, 2.75) is 477 Å².